The number of hydrogen-bond donors (Lipinski definition) is 1. The van der Waals surface area contributed by atoms with E-state index in [0.29, 0.717) is 35.2 Å². The number of halogens is 1. The number of carbonyl (C=O) groups is 1. The van der Waals surface area contributed by atoms with Gasteiger partial charge in [-0.1, -0.05) is 24.3 Å². The Hall–Kier alpha value is -3.39. The number of hydrogen-bond acceptors (Lipinski definition) is 4. The van der Waals surface area contributed by atoms with Crippen molar-refractivity contribution in [2.75, 3.05) is 7.11 Å². The lowest BCUT2D eigenvalue weighted by Gasteiger charge is -2.35. The first-order chi connectivity index (χ1) is 14.0. The number of Topliss-reactive ketones (excluding diaryl/α,β-unsaturated/α-hetero) is 1. The van der Waals surface area contributed by atoms with Gasteiger partial charge < -0.3 is 10.1 Å². The van der Waals surface area contributed by atoms with E-state index in [-0.39, 0.29) is 17.5 Å². The normalized spacial score (nSPS) is 21.4. The van der Waals surface area contributed by atoms with Crippen LogP contribution in [0.25, 0.3) is 0 Å². The van der Waals surface area contributed by atoms with Crippen LogP contribution in [0.15, 0.2) is 71.1 Å². The first-order valence-corrected chi connectivity index (χ1v) is 9.55. The maximum Gasteiger partial charge on any atom is 0.162 e. The Morgan fingerprint density at radius 1 is 1.14 bits per heavy atom. The van der Waals surface area contributed by atoms with Crippen molar-refractivity contribution in [3.8, 4) is 11.8 Å². The molecular formula is C24H21FN2O2. The molecule has 5 heteroatoms. The third-order valence-electron chi connectivity index (χ3n) is 5.72. The van der Waals surface area contributed by atoms with Gasteiger partial charge in [-0.15, -0.1) is 0 Å². The number of carbonyl (C=O) groups excluding carboxylic acids is 1. The Balaban J connectivity index is 1.75. The molecule has 0 fully saturated rings. The van der Waals surface area contributed by atoms with Crippen molar-refractivity contribution in [3.05, 3.63) is 88.0 Å². The van der Waals surface area contributed by atoms with Crippen LogP contribution in [0.5, 0.6) is 5.75 Å². The summed E-state index contributed by atoms with van der Waals surface area (Å²) in [5, 5.41) is 13.0. The zero-order chi connectivity index (χ0) is 20.5. The molecular weight excluding hydrogens is 367 g/mol. The van der Waals surface area contributed by atoms with E-state index < -0.39 is 5.92 Å². The molecule has 0 bridgehead atoms. The number of nitriles is 1. The fourth-order valence-electron chi connectivity index (χ4n) is 4.32. The summed E-state index contributed by atoms with van der Waals surface area (Å²) < 4.78 is 19.1. The van der Waals surface area contributed by atoms with Gasteiger partial charge in [0.15, 0.2) is 5.78 Å². The zero-order valence-corrected chi connectivity index (χ0v) is 16.3. The Kier molecular flexibility index (Phi) is 4.94. The summed E-state index contributed by atoms with van der Waals surface area (Å²) in [4.78, 5) is 13.2. The standard InChI is InChI=1S/C24H21FN2O2/c1-14-20(13-26)23(16-4-3-5-18(25)10-16)24-21(27-14)11-17(12-22(24)28)15-6-8-19(29-2)9-7-15/h3-10,17,23,27H,11-12H2,1-2H3/t17-,23+/m0/s1. The van der Waals surface area contributed by atoms with Crippen LogP contribution in [-0.4, -0.2) is 12.9 Å². The maximum atomic E-state index is 13.9. The number of ketones is 1. The Labute approximate surface area is 169 Å². The van der Waals surface area contributed by atoms with Crippen LogP contribution in [0.4, 0.5) is 4.39 Å². The molecule has 0 spiro atoms. The molecule has 146 valence electrons. The van der Waals surface area contributed by atoms with E-state index in [0.717, 1.165) is 17.0 Å². The van der Waals surface area contributed by atoms with Crippen LogP contribution < -0.4 is 10.1 Å². The molecule has 0 radical (unpaired) electrons. The lowest BCUT2D eigenvalue weighted by atomic mass is 9.72. The number of nitrogens with zero attached hydrogens (tertiary/aromatic N) is 1. The van der Waals surface area contributed by atoms with Crippen LogP contribution in [0.3, 0.4) is 0 Å². The summed E-state index contributed by atoms with van der Waals surface area (Å²) in [6, 6.07) is 16.2. The van der Waals surface area contributed by atoms with Gasteiger partial charge >= 0.3 is 0 Å². The molecule has 1 aliphatic carbocycles. The fourth-order valence-corrected chi connectivity index (χ4v) is 4.32. The minimum atomic E-state index is -0.531. The second kappa shape index (κ2) is 7.56. The molecule has 1 aliphatic heterocycles. The molecule has 2 aromatic rings. The minimum Gasteiger partial charge on any atom is -0.497 e. The SMILES string of the molecule is COc1ccc([C@@H]2CC(=O)C3=C(C2)NC(C)=C(C#N)[C@H]3c2cccc(F)c2)cc1. The van der Waals surface area contributed by atoms with Gasteiger partial charge in [-0.2, -0.15) is 5.26 Å². The van der Waals surface area contributed by atoms with Gasteiger partial charge in [-0.3, -0.25) is 4.79 Å². The minimum absolute atomic E-state index is 0.00548. The highest BCUT2D eigenvalue weighted by atomic mass is 19.1. The van der Waals surface area contributed by atoms with E-state index in [4.69, 9.17) is 4.74 Å². The molecule has 0 unspecified atom stereocenters. The number of ether oxygens (including phenoxy) is 1. The van der Waals surface area contributed by atoms with Crippen molar-refractivity contribution < 1.29 is 13.9 Å². The van der Waals surface area contributed by atoms with Gasteiger partial charge in [-0.25, -0.2) is 4.39 Å². The Morgan fingerprint density at radius 3 is 2.55 bits per heavy atom. The van der Waals surface area contributed by atoms with E-state index in [1.807, 2.05) is 31.2 Å². The highest BCUT2D eigenvalue weighted by Gasteiger charge is 2.39. The van der Waals surface area contributed by atoms with E-state index in [1.165, 1.54) is 12.1 Å². The molecule has 1 N–H and O–H groups in total. The first-order valence-electron chi connectivity index (χ1n) is 9.55. The Morgan fingerprint density at radius 2 is 1.90 bits per heavy atom. The van der Waals surface area contributed by atoms with Gasteiger partial charge in [0, 0.05) is 23.4 Å². The van der Waals surface area contributed by atoms with Crippen molar-refractivity contribution in [3.63, 3.8) is 0 Å². The summed E-state index contributed by atoms with van der Waals surface area (Å²) >= 11 is 0. The second-order valence-electron chi connectivity index (χ2n) is 7.46. The van der Waals surface area contributed by atoms with Crippen LogP contribution in [0.1, 0.15) is 42.7 Å². The summed E-state index contributed by atoms with van der Waals surface area (Å²) in [6.07, 6.45) is 1.02. The zero-order valence-electron chi connectivity index (χ0n) is 16.3. The van der Waals surface area contributed by atoms with Crippen molar-refractivity contribution in [2.45, 2.75) is 31.6 Å². The molecule has 2 aliphatic rings. The van der Waals surface area contributed by atoms with Gasteiger partial charge in [0.05, 0.1) is 24.7 Å². The summed E-state index contributed by atoms with van der Waals surface area (Å²) in [5.74, 6) is -0.0951. The summed E-state index contributed by atoms with van der Waals surface area (Å²) in [7, 11) is 1.62. The highest BCUT2D eigenvalue weighted by Crippen LogP contribution is 2.45. The van der Waals surface area contributed by atoms with Gasteiger partial charge in [0.25, 0.3) is 0 Å². The number of methoxy groups -OCH3 is 1. The summed E-state index contributed by atoms with van der Waals surface area (Å²) in [5.41, 5.74) is 4.29. The number of dihydropyridines is 1. The molecule has 2 aromatic carbocycles. The molecule has 4 nitrogen and oxygen atoms in total. The Bertz CT molecular complexity index is 1080. The van der Waals surface area contributed by atoms with Gasteiger partial charge in [0.1, 0.15) is 11.6 Å². The maximum absolute atomic E-state index is 13.9. The third-order valence-corrected chi connectivity index (χ3v) is 5.72. The average Bonchev–Trinajstić information content (AvgIpc) is 2.72. The molecule has 2 atom stereocenters. The van der Waals surface area contributed by atoms with Crippen molar-refractivity contribution in [2.24, 2.45) is 0 Å². The monoisotopic (exact) mass is 388 g/mol. The lowest BCUT2D eigenvalue weighted by Crippen LogP contribution is -2.33. The molecule has 0 saturated carbocycles. The topological polar surface area (TPSA) is 62.1 Å². The highest BCUT2D eigenvalue weighted by molar-refractivity contribution is 6.00. The van der Waals surface area contributed by atoms with E-state index >= 15 is 0 Å². The molecule has 1 heterocycles. The van der Waals surface area contributed by atoms with Crippen molar-refractivity contribution in [1.29, 1.82) is 5.26 Å². The molecule has 29 heavy (non-hydrogen) atoms. The first kappa shape index (κ1) is 18.9. The molecule has 0 saturated heterocycles. The quantitative estimate of drug-likeness (QED) is 0.826. The molecule has 4 rings (SSSR count). The van der Waals surface area contributed by atoms with Crippen LogP contribution in [-0.2, 0) is 4.79 Å². The van der Waals surface area contributed by atoms with Crippen LogP contribution >= 0.6 is 0 Å². The smallest absolute Gasteiger partial charge is 0.162 e. The fraction of sp³-hybridized carbons (Fsp3) is 0.250. The third kappa shape index (κ3) is 3.42. The number of allylic oxidation sites excluding steroid dienone is 4. The van der Waals surface area contributed by atoms with Crippen LogP contribution in [0.2, 0.25) is 0 Å². The van der Waals surface area contributed by atoms with E-state index in [2.05, 4.69) is 11.4 Å². The number of rotatable bonds is 3. The number of benzene rings is 2. The van der Waals surface area contributed by atoms with E-state index in [1.54, 1.807) is 19.2 Å². The van der Waals surface area contributed by atoms with Crippen molar-refractivity contribution in [1.82, 2.24) is 5.32 Å². The van der Waals surface area contributed by atoms with E-state index in [9.17, 15) is 14.4 Å². The number of nitrogens with one attached hydrogen (secondary N) is 1. The van der Waals surface area contributed by atoms with Gasteiger partial charge in [0.2, 0.25) is 0 Å². The van der Waals surface area contributed by atoms with Crippen LogP contribution in [0, 0.1) is 17.1 Å². The molecule has 0 aromatic heterocycles. The van der Waals surface area contributed by atoms with Crippen molar-refractivity contribution >= 4 is 5.78 Å². The largest absolute Gasteiger partial charge is 0.497 e. The predicted octanol–water partition coefficient (Wildman–Crippen LogP) is 4.72. The average molecular weight is 388 g/mol. The summed E-state index contributed by atoms with van der Waals surface area (Å²) in [6.45, 7) is 1.83. The predicted molar refractivity (Wildman–Crippen MR) is 108 cm³/mol. The van der Waals surface area contributed by atoms with Gasteiger partial charge in [-0.05, 0) is 54.7 Å². The molecule has 0 amide bonds. The lowest BCUT2D eigenvalue weighted by molar-refractivity contribution is -0.116. The second-order valence-corrected chi connectivity index (χ2v) is 7.46.